The van der Waals surface area contributed by atoms with Gasteiger partial charge in [0.25, 0.3) is 5.88 Å². The van der Waals surface area contributed by atoms with Crippen molar-refractivity contribution in [2.24, 2.45) is 5.92 Å². The summed E-state index contributed by atoms with van der Waals surface area (Å²) in [6, 6.07) is 15.3. The molecule has 0 radical (unpaired) electrons. The lowest BCUT2D eigenvalue weighted by Crippen LogP contribution is -2.06. The van der Waals surface area contributed by atoms with E-state index >= 15 is 0 Å². The van der Waals surface area contributed by atoms with Crippen molar-refractivity contribution in [3.63, 3.8) is 0 Å². The second kappa shape index (κ2) is 11.4. The molecule has 1 aliphatic rings. The normalized spacial score (nSPS) is 12.3. The number of benzene rings is 1. The molecule has 3 aromatic heterocycles. The highest BCUT2D eigenvalue weighted by Crippen LogP contribution is 2.39. The smallest absolute Gasteiger partial charge is 0.261 e. The van der Waals surface area contributed by atoms with E-state index in [-0.39, 0.29) is 0 Å². The van der Waals surface area contributed by atoms with E-state index in [9.17, 15) is 0 Å². The lowest BCUT2D eigenvalue weighted by atomic mass is 10.2. The predicted octanol–water partition coefficient (Wildman–Crippen LogP) is 6.14. The largest absolute Gasteiger partial charge is 0.493 e. The van der Waals surface area contributed by atoms with Crippen molar-refractivity contribution in [1.82, 2.24) is 19.9 Å². The SMILES string of the molecule is COc1ccccc1Oc1c(C)nc(-c2ccncc2)nc1OCC1CC1.Cc1ccc(C)nc1. The number of nitrogens with zero attached hydrogens (tertiary/aromatic N) is 4. The topological polar surface area (TPSA) is 79.2 Å². The lowest BCUT2D eigenvalue weighted by Gasteiger charge is -2.16. The first-order valence-corrected chi connectivity index (χ1v) is 11.7. The van der Waals surface area contributed by atoms with Crippen LogP contribution in [0.2, 0.25) is 0 Å². The van der Waals surface area contributed by atoms with E-state index < -0.39 is 0 Å². The summed E-state index contributed by atoms with van der Waals surface area (Å²) in [7, 11) is 1.61. The number of rotatable bonds is 7. The Morgan fingerprint density at radius 1 is 0.886 bits per heavy atom. The molecule has 0 N–H and O–H groups in total. The first kappa shape index (κ1) is 24.1. The highest BCUT2D eigenvalue weighted by molar-refractivity contribution is 5.57. The number of aryl methyl sites for hydroxylation is 3. The van der Waals surface area contributed by atoms with Crippen LogP contribution in [0.15, 0.2) is 67.1 Å². The molecule has 0 bridgehead atoms. The Morgan fingerprint density at radius 2 is 1.63 bits per heavy atom. The van der Waals surface area contributed by atoms with E-state index in [4.69, 9.17) is 14.2 Å². The molecule has 35 heavy (non-hydrogen) atoms. The van der Waals surface area contributed by atoms with E-state index in [2.05, 4.69) is 26.0 Å². The molecule has 3 heterocycles. The van der Waals surface area contributed by atoms with Crippen molar-refractivity contribution < 1.29 is 14.2 Å². The number of para-hydroxylation sites is 2. The molecular formula is C28H30N4O3. The highest BCUT2D eigenvalue weighted by Gasteiger charge is 2.24. The third-order valence-electron chi connectivity index (χ3n) is 5.44. The number of hydrogen-bond donors (Lipinski definition) is 0. The molecule has 1 aliphatic carbocycles. The first-order valence-electron chi connectivity index (χ1n) is 11.7. The summed E-state index contributed by atoms with van der Waals surface area (Å²) >= 11 is 0. The maximum Gasteiger partial charge on any atom is 0.261 e. The van der Waals surface area contributed by atoms with Gasteiger partial charge in [-0.1, -0.05) is 18.2 Å². The second-order valence-corrected chi connectivity index (χ2v) is 8.49. The van der Waals surface area contributed by atoms with Gasteiger partial charge in [0.15, 0.2) is 17.3 Å². The zero-order valence-electron chi connectivity index (χ0n) is 20.6. The molecule has 0 spiro atoms. The molecule has 0 amide bonds. The van der Waals surface area contributed by atoms with Crippen LogP contribution < -0.4 is 14.2 Å². The molecule has 7 heteroatoms. The minimum Gasteiger partial charge on any atom is -0.493 e. The van der Waals surface area contributed by atoms with Crippen LogP contribution in [-0.4, -0.2) is 33.7 Å². The quantitative estimate of drug-likeness (QED) is 0.321. The molecular weight excluding hydrogens is 440 g/mol. The van der Waals surface area contributed by atoms with Gasteiger partial charge in [0.05, 0.1) is 19.4 Å². The van der Waals surface area contributed by atoms with E-state index in [0.29, 0.717) is 47.2 Å². The van der Waals surface area contributed by atoms with E-state index in [0.717, 1.165) is 11.3 Å². The minimum atomic E-state index is 0.451. The fourth-order valence-electron chi connectivity index (χ4n) is 3.22. The Bertz CT molecular complexity index is 1220. The van der Waals surface area contributed by atoms with Crippen LogP contribution >= 0.6 is 0 Å². The van der Waals surface area contributed by atoms with Crippen molar-refractivity contribution in [2.45, 2.75) is 33.6 Å². The summed E-state index contributed by atoms with van der Waals surface area (Å²) in [6.07, 6.45) is 7.71. The molecule has 5 rings (SSSR count). The van der Waals surface area contributed by atoms with Gasteiger partial charge in [0.1, 0.15) is 0 Å². The molecule has 0 atom stereocenters. The lowest BCUT2D eigenvalue weighted by molar-refractivity contribution is 0.272. The Labute approximate surface area is 206 Å². The molecule has 180 valence electrons. The summed E-state index contributed by atoms with van der Waals surface area (Å²) in [6.45, 7) is 6.54. The van der Waals surface area contributed by atoms with Gasteiger partial charge in [-0.25, -0.2) is 4.98 Å². The molecule has 4 aromatic rings. The van der Waals surface area contributed by atoms with Crippen LogP contribution in [0, 0.1) is 26.7 Å². The second-order valence-electron chi connectivity index (χ2n) is 8.49. The fraction of sp³-hybridized carbons (Fsp3) is 0.286. The highest BCUT2D eigenvalue weighted by atomic mass is 16.5. The number of aromatic nitrogens is 4. The van der Waals surface area contributed by atoms with Crippen molar-refractivity contribution in [2.75, 3.05) is 13.7 Å². The number of pyridine rings is 2. The van der Waals surface area contributed by atoms with Crippen molar-refractivity contribution >= 4 is 0 Å². The summed E-state index contributed by atoms with van der Waals surface area (Å²) in [4.78, 5) is 17.4. The summed E-state index contributed by atoms with van der Waals surface area (Å²) in [5.74, 6) is 3.39. The third-order valence-corrected chi connectivity index (χ3v) is 5.44. The minimum absolute atomic E-state index is 0.451. The van der Waals surface area contributed by atoms with Gasteiger partial charge >= 0.3 is 0 Å². The molecule has 0 aliphatic heterocycles. The van der Waals surface area contributed by atoms with Crippen molar-refractivity contribution in [1.29, 1.82) is 0 Å². The average Bonchev–Trinajstić information content (AvgIpc) is 3.72. The van der Waals surface area contributed by atoms with Gasteiger partial charge in [-0.15, -0.1) is 0 Å². The Balaban J connectivity index is 0.000000308. The molecule has 1 fully saturated rings. The summed E-state index contributed by atoms with van der Waals surface area (Å²) < 4.78 is 17.5. The van der Waals surface area contributed by atoms with E-state index in [1.807, 2.05) is 69.4 Å². The van der Waals surface area contributed by atoms with Gasteiger partial charge < -0.3 is 14.2 Å². The number of methoxy groups -OCH3 is 1. The summed E-state index contributed by atoms with van der Waals surface area (Å²) in [5.41, 5.74) is 3.88. The Hall–Kier alpha value is -4.00. The van der Waals surface area contributed by atoms with Gasteiger partial charge in [-0.2, -0.15) is 4.98 Å². The van der Waals surface area contributed by atoms with Crippen LogP contribution in [0.1, 0.15) is 29.8 Å². The molecule has 0 saturated heterocycles. The fourth-order valence-corrected chi connectivity index (χ4v) is 3.22. The molecule has 1 aromatic carbocycles. The van der Waals surface area contributed by atoms with Gasteiger partial charge in [-0.3, -0.25) is 9.97 Å². The molecule has 0 unspecified atom stereocenters. The Kier molecular flexibility index (Phi) is 7.88. The van der Waals surface area contributed by atoms with Crippen LogP contribution in [-0.2, 0) is 0 Å². The van der Waals surface area contributed by atoms with E-state index in [1.165, 1.54) is 18.4 Å². The van der Waals surface area contributed by atoms with Gasteiger partial charge in [0.2, 0.25) is 5.75 Å². The maximum atomic E-state index is 6.12. The van der Waals surface area contributed by atoms with Crippen molar-refractivity contribution in [3.05, 3.63) is 84.1 Å². The first-order chi connectivity index (χ1) is 17.0. The van der Waals surface area contributed by atoms with Crippen LogP contribution in [0.25, 0.3) is 11.4 Å². The van der Waals surface area contributed by atoms with Crippen LogP contribution in [0.4, 0.5) is 0 Å². The molecule has 7 nitrogen and oxygen atoms in total. The number of hydrogen-bond acceptors (Lipinski definition) is 7. The molecule has 1 saturated carbocycles. The number of ether oxygens (including phenoxy) is 3. The Morgan fingerprint density at radius 3 is 2.26 bits per heavy atom. The monoisotopic (exact) mass is 470 g/mol. The zero-order valence-corrected chi connectivity index (χ0v) is 20.6. The van der Waals surface area contributed by atoms with Gasteiger partial charge in [0, 0.05) is 29.8 Å². The van der Waals surface area contributed by atoms with Crippen molar-refractivity contribution in [3.8, 4) is 34.5 Å². The maximum absolute atomic E-state index is 6.12. The van der Waals surface area contributed by atoms with Gasteiger partial charge in [-0.05, 0) is 75.4 Å². The standard InChI is InChI=1S/C21H21N3O3.C7H9N/c1-14-19(27-18-6-4-3-5-17(18)25-2)21(26-13-15-7-8-15)24-20(23-14)16-9-11-22-12-10-16;1-6-3-4-7(2)8-5-6/h3-6,9-12,15H,7-8,13H2,1-2H3;3-5H,1-2H3. The van der Waals surface area contributed by atoms with Crippen LogP contribution in [0.3, 0.4) is 0 Å². The van der Waals surface area contributed by atoms with E-state index in [1.54, 1.807) is 19.5 Å². The summed E-state index contributed by atoms with van der Waals surface area (Å²) in [5, 5.41) is 0. The zero-order chi connectivity index (χ0) is 24.6. The third kappa shape index (κ3) is 6.76. The average molecular weight is 471 g/mol. The predicted molar refractivity (Wildman–Crippen MR) is 135 cm³/mol. The van der Waals surface area contributed by atoms with Crippen LogP contribution in [0.5, 0.6) is 23.1 Å².